The van der Waals surface area contributed by atoms with Crippen LogP contribution in [-0.2, 0) is 6.42 Å². The molecule has 0 spiro atoms. The Kier molecular flexibility index (Phi) is 8.60. The molecule has 0 aliphatic carbocycles. The maximum Gasteiger partial charge on any atom is 0.193 e. The van der Waals surface area contributed by atoms with Gasteiger partial charge in [0.25, 0.3) is 0 Å². The molecular weight excluding hydrogens is 413 g/mol. The van der Waals surface area contributed by atoms with Crippen molar-refractivity contribution in [1.29, 1.82) is 0 Å². The van der Waals surface area contributed by atoms with Crippen molar-refractivity contribution in [1.82, 2.24) is 0 Å². The number of rotatable bonds is 6. The van der Waals surface area contributed by atoms with Crippen LogP contribution in [0, 0.1) is 0 Å². The van der Waals surface area contributed by atoms with Crippen molar-refractivity contribution < 1.29 is 5.11 Å². The molecule has 2 aromatic rings. The van der Waals surface area contributed by atoms with Gasteiger partial charge in [-0.15, -0.1) is 24.0 Å². The van der Waals surface area contributed by atoms with E-state index in [0.717, 1.165) is 24.1 Å². The first-order valence-electron chi connectivity index (χ1n) is 8.03. The molecular formula is C19H26IN3O. The molecule has 5 heteroatoms. The molecule has 4 nitrogen and oxygen atoms in total. The first-order valence-corrected chi connectivity index (χ1v) is 8.03. The van der Waals surface area contributed by atoms with Crippen LogP contribution in [0.25, 0.3) is 0 Å². The highest BCUT2D eigenvalue weighted by Gasteiger charge is 2.02. The second-order valence-electron chi connectivity index (χ2n) is 5.74. The molecule has 0 bridgehead atoms. The van der Waals surface area contributed by atoms with E-state index in [1.54, 1.807) is 12.1 Å². The molecule has 1 unspecified atom stereocenters. The van der Waals surface area contributed by atoms with Crippen LogP contribution in [0.1, 0.15) is 37.3 Å². The van der Waals surface area contributed by atoms with Crippen molar-refractivity contribution in [3.05, 3.63) is 59.7 Å². The van der Waals surface area contributed by atoms with Gasteiger partial charge in [-0.05, 0) is 54.2 Å². The van der Waals surface area contributed by atoms with Gasteiger partial charge in [-0.3, -0.25) is 4.99 Å². The number of aliphatic imine (C=N–C) groups is 1. The molecule has 0 saturated heterocycles. The van der Waals surface area contributed by atoms with E-state index in [2.05, 4.69) is 36.3 Å². The lowest BCUT2D eigenvalue weighted by atomic mass is 9.99. The van der Waals surface area contributed by atoms with Gasteiger partial charge in [0.15, 0.2) is 5.96 Å². The van der Waals surface area contributed by atoms with Crippen LogP contribution in [0.4, 0.5) is 5.69 Å². The number of hydrogen-bond acceptors (Lipinski definition) is 2. The van der Waals surface area contributed by atoms with E-state index in [0.29, 0.717) is 18.4 Å². The smallest absolute Gasteiger partial charge is 0.193 e. The predicted octanol–water partition coefficient (Wildman–Crippen LogP) is 4.49. The Morgan fingerprint density at radius 1 is 1.21 bits per heavy atom. The molecule has 0 aliphatic heterocycles. The van der Waals surface area contributed by atoms with E-state index in [4.69, 9.17) is 5.73 Å². The number of phenols is 1. The average Bonchev–Trinajstić information content (AvgIpc) is 2.55. The number of anilines is 1. The summed E-state index contributed by atoms with van der Waals surface area (Å²) >= 11 is 0. The van der Waals surface area contributed by atoms with Crippen LogP contribution >= 0.6 is 24.0 Å². The predicted molar refractivity (Wildman–Crippen MR) is 112 cm³/mol. The summed E-state index contributed by atoms with van der Waals surface area (Å²) in [4.78, 5) is 4.32. The van der Waals surface area contributed by atoms with Crippen molar-refractivity contribution in [3.63, 3.8) is 0 Å². The van der Waals surface area contributed by atoms with Gasteiger partial charge in [-0.25, -0.2) is 0 Å². The van der Waals surface area contributed by atoms with Crippen LogP contribution in [0.3, 0.4) is 0 Å². The third-order valence-corrected chi connectivity index (χ3v) is 3.96. The highest BCUT2D eigenvalue weighted by molar-refractivity contribution is 14.0. The molecule has 0 fully saturated rings. The van der Waals surface area contributed by atoms with Crippen molar-refractivity contribution in [2.24, 2.45) is 10.7 Å². The van der Waals surface area contributed by atoms with Gasteiger partial charge in [0.2, 0.25) is 0 Å². The summed E-state index contributed by atoms with van der Waals surface area (Å²) in [5, 5.41) is 12.5. The number of nitrogens with zero attached hydrogens (tertiary/aromatic N) is 1. The molecule has 0 saturated carbocycles. The first-order chi connectivity index (χ1) is 11.1. The van der Waals surface area contributed by atoms with E-state index >= 15 is 0 Å². The number of hydrogen-bond donors (Lipinski definition) is 3. The van der Waals surface area contributed by atoms with Crippen LogP contribution < -0.4 is 11.1 Å². The fourth-order valence-corrected chi connectivity index (χ4v) is 2.34. The zero-order valence-electron chi connectivity index (χ0n) is 14.2. The molecule has 0 aliphatic rings. The number of benzene rings is 2. The Morgan fingerprint density at radius 2 is 1.92 bits per heavy atom. The van der Waals surface area contributed by atoms with Gasteiger partial charge < -0.3 is 16.2 Å². The zero-order chi connectivity index (χ0) is 16.7. The zero-order valence-corrected chi connectivity index (χ0v) is 16.5. The topological polar surface area (TPSA) is 70.6 Å². The summed E-state index contributed by atoms with van der Waals surface area (Å²) in [5.41, 5.74) is 9.23. The number of halogens is 1. The Morgan fingerprint density at radius 3 is 2.54 bits per heavy atom. The SMILES string of the molecule is CCC(C)c1ccc(NC(N)=NCCc2cccc(O)c2)cc1.I. The van der Waals surface area contributed by atoms with Crippen molar-refractivity contribution in [3.8, 4) is 5.75 Å². The number of phenolic OH excluding ortho intramolecular Hbond substituents is 1. The Hall–Kier alpha value is -1.76. The largest absolute Gasteiger partial charge is 0.508 e. The lowest BCUT2D eigenvalue weighted by Gasteiger charge is -2.10. The van der Waals surface area contributed by atoms with Crippen molar-refractivity contribution in [2.45, 2.75) is 32.6 Å². The third-order valence-electron chi connectivity index (χ3n) is 3.96. The molecule has 0 heterocycles. The number of aromatic hydroxyl groups is 1. The summed E-state index contributed by atoms with van der Waals surface area (Å²) in [7, 11) is 0. The van der Waals surface area contributed by atoms with E-state index in [-0.39, 0.29) is 29.7 Å². The van der Waals surface area contributed by atoms with E-state index in [1.807, 2.05) is 24.3 Å². The minimum Gasteiger partial charge on any atom is -0.508 e. The number of nitrogens with one attached hydrogen (secondary N) is 1. The molecule has 0 radical (unpaired) electrons. The summed E-state index contributed by atoms with van der Waals surface area (Å²) in [5.74, 6) is 1.25. The minimum absolute atomic E-state index is 0. The van der Waals surface area contributed by atoms with Gasteiger partial charge in [0.1, 0.15) is 5.75 Å². The highest BCUT2D eigenvalue weighted by Crippen LogP contribution is 2.20. The maximum atomic E-state index is 9.42. The Bertz CT molecular complexity index is 656. The first kappa shape index (κ1) is 20.3. The molecule has 0 amide bonds. The lowest BCUT2D eigenvalue weighted by molar-refractivity contribution is 0.474. The van der Waals surface area contributed by atoms with Gasteiger partial charge in [-0.2, -0.15) is 0 Å². The van der Waals surface area contributed by atoms with Crippen molar-refractivity contribution >= 4 is 35.6 Å². The van der Waals surface area contributed by atoms with Crippen molar-refractivity contribution in [2.75, 3.05) is 11.9 Å². The van der Waals surface area contributed by atoms with Crippen LogP contribution in [0.15, 0.2) is 53.5 Å². The van der Waals surface area contributed by atoms with Gasteiger partial charge in [0, 0.05) is 12.2 Å². The number of nitrogens with two attached hydrogens (primary N) is 1. The van der Waals surface area contributed by atoms with Crippen LogP contribution in [0.2, 0.25) is 0 Å². The molecule has 0 aromatic heterocycles. The van der Waals surface area contributed by atoms with Crippen LogP contribution in [0.5, 0.6) is 5.75 Å². The molecule has 1 atom stereocenters. The lowest BCUT2D eigenvalue weighted by Crippen LogP contribution is -2.23. The molecule has 24 heavy (non-hydrogen) atoms. The Balaban J connectivity index is 0.00000288. The summed E-state index contributed by atoms with van der Waals surface area (Å²) in [6.07, 6.45) is 1.87. The Labute approximate surface area is 161 Å². The molecule has 130 valence electrons. The van der Waals surface area contributed by atoms with Crippen LogP contribution in [-0.4, -0.2) is 17.6 Å². The normalized spacial score (nSPS) is 12.3. The van der Waals surface area contributed by atoms with Gasteiger partial charge in [-0.1, -0.05) is 38.1 Å². The second kappa shape index (κ2) is 10.2. The van der Waals surface area contributed by atoms with E-state index in [1.165, 1.54) is 5.56 Å². The van der Waals surface area contributed by atoms with Gasteiger partial charge in [0.05, 0.1) is 0 Å². The monoisotopic (exact) mass is 439 g/mol. The fourth-order valence-electron chi connectivity index (χ4n) is 2.34. The van der Waals surface area contributed by atoms with E-state index < -0.39 is 0 Å². The van der Waals surface area contributed by atoms with E-state index in [9.17, 15) is 5.11 Å². The summed E-state index contributed by atoms with van der Waals surface area (Å²) < 4.78 is 0. The standard InChI is InChI=1S/C19H25N3O.HI/c1-3-14(2)16-7-9-17(10-8-16)22-19(20)21-12-11-15-5-4-6-18(23)13-15;/h4-10,13-14,23H,3,11-12H2,1-2H3,(H3,20,21,22);1H. The molecule has 4 N–H and O–H groups in total. The third kappa shape index (κ3) is 6.39. The quantitative estimate of drug-likeness (QED) is 0.353. The van der Waals surface area contributed by atoms with Gasteiger partial charge >= 0.3 is 0 Å². The minimum atomic E-state index is 0. The second-order valence-corrected chi connectivity index (χ2v) is 5.74. The molecule has 2 aromatic carbocycles. The average molecular weight is 439 g/mol. The number of guanidine groups is 1. The maximum absolute atomic E-state index is 9.42. The fraction of sp³-hybridized carbons (Fsp3) is 0.316. The summed E-state index contributed by atoms with van der Waals surface area (Å²) in [6, 6.07) is 15.5. The summed E-state index contributed by atoms with van der Waals surface area (Å²) in [6.45, 7) is 4.99. The molecule has 2 rings (SSSR count). The highest BCUT2D eigenvalue weighted by atomic mass is 127.